The molecule has 27 heavy (non-hydrogen) atoms. The Bertz CT molecular complexity index is 942. The average molecular weight is 376 g/mol. The van der Waals surface area contributed by atoms with Crippen molar-refractivity contribution in [2.75, 3.05) is 25.1 Å². The van der Waals surface area contributed by atoms with Gasteiger partial charge in [-0.2, -0.15) is 0 Å². The molecule has 1 heterocycles. The van der Waals surface area contributed by atoms with Crippen LogP contribution in [0.15, 0.2) is 48.2 Å². The maximum Gasteiger partial charge on any atom is 0.282 e. The van der Waals surface area contributed by atoms with E-state index in [9.17, 15) is 27.9 Å². The van der Waals surface area contributed by atoms with Crippen molar-refractivity contribution in [3.63, 3.8) is 0 Å². The maximum absolute atomic E-state index is 13.6. The lowest BCUT2D eigenvalue weighted by Crippen LogP contribution is -2.35. The molecule has 0 bridgehead atoms. The van der Waals surface area contributed by atoms with Gasteiger partial charge in [-0.15, -0.1) is 0 Å². The Kier molecular flexibility index (Phi) is 5.00. The first-order valence-electron chi connectivity index (χ1n) is 8.01. The lowest BCUT2D eigenvalue weighted by atomic mass is 10.0. The van der Waals surface area contributed by atoms with Crippen molar-refractivity contribution >= 4 is 23.1 Å². The Morgan fingerprint density at radius 3 is 2.22 bits per heavy atom. The van der Waals surface area contributed by atoms with E-state index in [0.717, 1.165) is 35.2 Å². The van der Waals surface area contributed by atoms with Crippen molar-refractivity contribution in [2.24, 2.45) is 0 Å². The number of anilines is 1. The lowest BCUT2D eigenvalue weighted by molar-refractivity contribution is -0.120. The highest BCUT2D eigenvalue weighted by atomic mass is 19.2. The summed E-state index contributed by atoms with van der Waals surface area (Å²) in [5, 5.41) is 9.18. The third kappa shape index (κ3) is 3.31. The van der Waals surface area contributed by atoms with Gasteiger partial charge in [0.15, 0.2) is 11.6 Å². The van der Waals surface area contributed by atoms with E-state index in [0.29, 0.717) is 5.56 Å². The normalized spacial score (nSPS) is 14.3. The van der Waals surface area contributed by atoms with E-state index < -0.39 is 29.3 Å². The molecule has 0 spiro atoms. The van der Waals surface area contributed by atoms with E-state index >= 15 is 0 Å². The number of carbonyl (C=O) groups excluding carboxylic acids is 2. The van der Waals surface area contributed by atoms with E-state index in [2.05, 4.69) is 0 Å². The fraction of sp³-hybridized carbons (Fsp3) is 0.158. The summed E-state index contributed by atoms with van der Waals surface area (Å²) in [4.78, 5) is 28.0. The molecular formula is C19H15F3N2O3. The fourth-order valence-corrected chi connectivity index (χ4v) is 2.87. The zero-order chi connectivity index (χ0) is 19.7. The summed E-state index contributed by atoms with van der Waals surface area (Å²) in [6.45, 7) is -0.214. The largest absolute Gasteiger partial charge is 0.395 e. The number of rotatable bonds is 5. The Hall–Kier alpha value is -3.13. The summed E-state index contributed by atoms with van der Waals surface area (Å²) in [6, 6.07) is 7.66. The first-order valence-corrected chi connectivity index (χ1v) is 8.01. The van der Waals surface area contributed by atoms with Gasteiger partial charge in [0, 0.05) is 19.7 Å². The van der Waals surface area contributed by atoms with Gasteiger partial charge in [0.1, 0.15) is 11.5 Å². The Morgan fingerprint density at radius 2 is 1.63 bits per heavy atom. The van der Waals surface area contributed by atoms with Crippen molar-refractivity contribution in [1.29, 1.82) is 0 Å². The van der Waals surface area contributed by atoms with E-state index in [4.69, 9.17) is 0 Å². The third-order valence-electron chi connectivity index (χ3n) is 4.17. The van der Waals surface area contributed by atoms with Crippen molar-refractivity contribution in [3.8, 4) is 0 Å². The second-order valence-corrected chi connectivity index (χ2v) is 5.92. The molecule has 8 heteroatoms. The maximum atomic E-state index is 13.6. The lowest BCUT2D eigenvalue weighted by Gasteiger charge is -2.20. The van der Waals surface area contributed by atoms with Crippen molar-refractivity contribution in [3.05, 3.63) is 71.2 Å². The standard InChI is InChI=1S/C19H15F3N2O3/c1-23(8-9-25)17-16(11-2-4-12(20)5-3-11)18(26)24(19(17)27)13-6-7-14(21)15(22)10-13/h2-7,10,25H,8-9H2,1H3. The van der Waals surface area contributed by atoms with Gasteiger partial charge in [0.2, 0.25) is 0 Å². The molecule has 0 fully saturated rings. The molecule has 1 aliphatic rings. The van der Waals surface area contributed by atoms with Gasteiger partial charge in [-0.1, -0.05) is 12.1 Å². The number of aliphatic hydroxyl groups is 1. The van der Waals surface area contributed by atoms with Crippen LogP contribution in [0.1, 0.15) is 5.56 Å². The molecule has 0 aliphatic carbocycles. The molecule has 2 amide bonds. The van der Waals surface area contributed by atoms with Crippen LogP contribution in [0.5, 0.6) is 0 Å². The summed E-state index contributed by atoms with van der Waals surface area (Å²) in [5.74, 6) is -4.33. The van der Waals surface area contributed by atoms with Gasteiger partial charge in [-0.25, -0.2) is 18.1 Å². The quantitative estimate of drug-likeness (QED) is 0.814. The smallest absolute Gasteiger partial charge is 0.282 e. The van der Waals surface area contributed by atoms with Crippen LogP contribution in [-0.4, -0.2) is 42.0 Å². The third-order valence-corrected chi connectivity index (χ3v) is 4.17. The van der Waals surface area contributed by atoms with Gasteiger partial charge in [0.25, 0.3) is 11.8 Å². The molecule has 3 rings (SSSR count). The molecule has 0 saturated carbocycles. The van der Waals surface area contributed by atoms with Crippen LogP contribution in [0.25, 0.3) is 5.57 Å². The number of hydrogen-bond donors (Lipinski definition) is 1. The first kappa shape index (κ1) is 18.7. The number of amides is 2. The van der Waals surface area contributed by atoms with E-state index in [-0.39, 0.29) is 30.1 Å². The molecule has 5 nitrogen and oxygen atoms in total. The summed E-state index contributed by atoms with van der Waals surface area (Å²) >= 11 is 0. The highest BCUT2D eigenvalue weighted by Crippen LogP contribution is 2.34. The van der Waals surface area contributed by atoms with Crippen LogP contribution in [0.3, 0.4) is 0 Å². The van der Waals surface area contributed by atoms with E-state index in [1.54, 1.807) is 0 Å². The minimum atomic E-state index is -1.20. The molecule has 140 valence electrons. The first-order chi connectivity index (χ1) is 12.8. The zero-order valence-corrected chi connectivity index (χ0v) is 14.2. The van der Waals surface area contributed by atoms with Gasteiger partial charge in [0.05, 0.1) is 17.9 Å². The molecule has 0 saturated heterocycles. The van der Waals surface area contributed by atoms with Gasteiger partial charge >= 0.3 is 0 Å². The number of benzene rings is 2. The second-order valence-electron chi connectivity index (χ2n) is 5.92. The summed E-state index contributed by atoms with van der Waals surface area (Å²) in [7, 11) is 1.51. The van der Waals surface area contributed by atoms with Gasteiger partial charge in [-0.05, 0) is 29.8 Å². The number of likely N-dealkylation sites (N-methyl/N-ethyl adjacent to an activating group) is 1. The number of carbonyl (C=O) groups is 2. The molecule has 1 N–H and O–H groups in total. The monoisotopic (exact) mass is 376 g/mol. The topological polar surface area (TPSA) is 60.9 Å². The second kappa shape index (κ2) is 7.24. The molecular weight excluding hydrogens is 361 g/mol. The van der Waals surface area contributed by atoms with Crippen LogP contribution >= 0.6 is 0 Å². The minimum Gasteiger partial charge on any atom is -0.395 e. The Morgan fingerprint density at radius 1 is 0.963 bits per heavy atom. The highest BCUT2D eigenvalue weighted by molar-refractivity contribution is 6.45. The highest BCUT2D eigenvalue weighted by Gasteiger charge is 2.41. The number of halogens is 3. The van der Waals surface area contributed by atoms with Crippen LogP contribution in [0, 0.1) is 17.5 Å². The van der Waals surface area contributed by atoms with E-state index in [1.807, 2.05) is 0 Å². The predicted molar refractivity (Wildman–Crippen MR) is 91.9 cm³/mol. The summed E-state index contributed by atoms with van der Waals surface area (Å²) in [5.41, 5.74) is 0.126. The number of nitrogens with zero attached hydrogens (tertiary/aromatic N) is 2. The van der Waals surface area contributed by atoms with Crippen LogP contribution in [0.4, 0.5) is 18.9 Å². The molecule has 2 aromatic rings. The minimum absolute atomic E-state index is 0.0133. The Labute approximate surface area is 152 Å². The number of imide groups is 1. The molecule has 0 aromatic heterocycles. The predicted octanol–water partition coefficient (Wildman–Crippen LogP) is 2.31. The van der Waals surface area contributed by atoms with Crippen molar-refractivity contribution < 1.29 is 27.9 Å². The van der Waals surface area contributed by atoms with Gasteiger partial charge < -0.3 is 10.0 Å². The Balaban J connectivity index is 2.13. The van der Waals surface area contributed by atoms with Crippen LogP contribution < -0.4 is 4.90 Å². The van der Waals surface area contributed by atoms with Gasteiger partial charge in [-0.3, -0.25) is 9.59 Å². The summed E-state index contributed by atoms with van der Waals surface area (Å²) < 4.78 is 40.1. The molecule has 0 unspecified atom stereocenters. The average Bonchev–Trinajstić information content (AvgIpc) is 2.89. The van der Waals surface area contributed by atoms with Crippen LogP contribution in [0.2, 0.25) is 0 Å². The van der Waals surface area contributed by atoms with Crippen molar-refractivity contribution in [1.82, 2.24) is 4.90 Å². The summed E-state index contributed by atoms with van der Waals surface area (Å²) in [6.07, 6.45) is 0. The fourth-order valence-electron chi connectivity index (χ4n) is 2.87. The SMILES string of the molecule is CN(CCO)C1=C(c2ccc(F)cc2)C(=O)N(c2ccc(F)c(F)c2)C1=O. The molecule has 1 aliphatic heterocycles. The number of hydrogen-bond acceptors (Lipinski definition) is 4. The van der Waals surface area contributed by atoms with E-state index in [1.165, 1.54) is 24.1 Å². The molecule has 0 atom stereocenters. The molecule has 0 radical (unpaired) electrons. The van der Waals surface area contributed by atoms with Crippen LogP contribution in [-0.2, 0) is 9.59 Å². The van der Waals surface area contributed by atoms with Crippen molar-refractivity contribution in [2.45, 2.75) is 0 Å². The molecule has 2 aromatic carbocycles. The number of aliphatic hydroxyl groups excluding tert-OH is 1. The zero-order valence-electron chi connectivity index (χ0n) is 14.2.